The van der Waals surface area contributed by atoms with Gasteiger partial charge in [0, 0.05) is 24.4 Å². The van der Waals surface area contributed by atoms with Crippen molar-refractivity contribution in [1.29, 1.82) is 0 Å². The van der Waals surface area contributed by atoms with Crippen LogP contribution in [0.15, 0.2) is 36.5 Å². The summed E-state index contributed by atoms with van der Waals surface area (Å²) in [5, 5.41) is 14.7. The maximum absolute atomic E-state index is 12.4. The van der Waals surface area contributed by atoms with Crippen molar-refractivity contribution in [2.24, 2.45) is 7.05 Å². The second-order valence-electron chi connectivity index (χ2n) is 8.61. The predicted molar refractivity (Wildman–Crippen MR) is 122 cm³/mol. The van der Waals surface area contributed by atoms with Crippen LogP contribution in [0.25, 0.3) is 22.3 Å². The highest BCUT2D eigenvalue weighted by Crippen LogP contribution is 2.45. The van der Waals surface area contributed by atoms with E-state index in [9.17, 15) is 18.0 Å². The lowest BCUT2D eigenvalue weighted by atomic mass is 9.96. The number of carbonyl (C=O) groups excluding carboxylic acids is 1. The van der Waals surface area contributed by atoms with Gasteiger partial charge in [-0.05, 0) is 54.2 Å². The molecular formula is C24H23F3N6O2. The number of H-pyrrole nitrogens is 1. The van der Waals surface area contributed by atoms with E-state index in [-0.39, 0.29) is 5.56 Å². The normalized spacial score (nSPS) is 13.9. The summed E-state index contributed by atoms with van der Waals surface area (Å²) in [6, 6.07) is 8.50. The highest BCUT2D eigenvalue weighted by Gasteiger charge is 2.30. The Kier molecular flexibility index (Phi) is 5.70. The first kappa shape index (κ1) is 22.9. The van der Waals surface area contributed by atoms with Crippen molar-refractivity contribution < 1.29 is 22.7 Å². The number of carbonyl (C=O) groups is 1. The minimum absolute atomic E-state index is 0.0495. The van der Waals surface area contributed by atoms with E-state index in [2.05, 4.69) is 21.4 Å². The number of ether oxygens (including phenoxy) is 1. The molecule has 0 spiro atoms. The van der Waals surface area contributed by atoms with Crippen molar-refractivity contribution in [1.82, 2.24) is 30.3 Å². The largest absolute Gasteiger partial charge is 0.496 e. The molecule has 8 nitrogen and oxygen atoms in total. The lowest BCUT2D eigenvalue weighted by molar-refractivity contribution is -0.123. The number of aryl methyl sites for hydroxylation is 1. The Bertz CT molecular complexity index is 1400. The molecule has 0 atom stereocenters. The van der Waals surface area contributed by atoms with Crippen LogP contribution in [0.3, 0.4) is 0 Å². The molecule has 4 aromatic rings. The van der Waals surface area contributed by atoms with E-state index in [1.807, 2.05) is 24.6 Å². The molecule has 1 amide bonds. The van der Waals surface area contributed by atoms with Crippen molar-refractivity contribution in [3.05, 3.63) is 59.0 Å². The zero-order valence-electron chi connectivity index (χ0n) is 19.1. The Morgan fingerprint density at radius 2 is 2.06 bits per heavy atom. The van der Waals surface area contributed by atoms with Crippen LogP contribution in [0.2, 0.25) is 0 Å². The van der Waals surface area contributed by atoms with Crippen LogP contribution < -0.4 is 10.1 Å². The molecule has 1 aliphatic carbocycles. The number of nitrogens with zero attached hydrogens (tertiary/aromatic N) is 4. The lowest BCUT2D eigenvalue weighted by Crippen LogP contribution is -2.33. The number of aromatic amines is 1. The highest BCUT2D eigenvalue weighted by atomic mass is 19.4. The van der Waals surface area contributed by atoms with Crippen LogP contribution in [0.5, 0.6) is 5.75 Å². The fourth-order valence-electron chi connectivity index (χ4n) is 4.25. The first-order valence-electron chi connectivity index (χ1n) is 11.1. The van der Waals surface area contributed by atoms with E-state index in [0.717, 1.165) is 29.6 Å². The molecule has 35 heavy (non-hydrogen) atoms. The average molecular weight is 484 g/mol. The number of hydrogen-bond donors (Lipinski definition) is 2. The van der Waals surface area contributed by atoms with Crippen LogP contribution in [0.1, 0.15) is 46.1 Å². The fraction of sp³-hybridized carbons (Fsp3) is 0.333. The molecule has 1 fully saturated rings. The molecule has 2 heterocycles. The number of alkyl halides is 3. The van der Waals surface area contributed by atoms with Crippen LogP contribution in [0, 0.1) is 0 Å². The van der Waals surface area contributed by atoms with E-state index < -0.39 is 18.6 Å². The van der Waals surface area contributed by atoms with Gasteiger partial charge in [0.15, 0.2) is 5.82 Å². The number of methoxy groups -OCH3 is 1. The van der Waals surface area contributed by atoms with Gasteiger partial charge >= 0.3 is 6.18 Å². The predicted octanol–water partition coefficient (Wildman–Crippen LogP) is 4.13. The third-order valence-corrected chi connectivity index (χ3v) is 6.10. The van der Waals surface area contributed by atoms with Gasteiger partial charge in [0.2, 0.25) is 0 Å². The molecular weight excluding hydrogens is 461 g/mol. The van der Waals surface area contributed by atoms with Crippen LogP contribution in [0.4, 0.5) is 13.2 Å². The second kappa shape index (κ2) is 8.71. The topological polar surface area (TPSA) is 97.7 Å². The smallest absolute Gasteiger partial charge is 0.405 e. The highest BCUT2D eigenvalue weighted by molar-refractivity contribution is 5.95. The summed E-state index contributed by atoms with van der Waals surface area (Å²) in [5.41, 5.74) is 4.07. The maximum atomic E-state index is 12.4. The van der Waals surface area contributed by atoms with Gasteiger partial charge < -0.3 is 10.1 Å². The number of benzene rings is 2. The molecule has 1 aliphatic rings. The Morgan fingerprint density at radius 3 is 2.77 bits per heavy atom. The van der Waals surface area contributed by atoms with Gasteiger partial charge in [0.05, 0.1) is 24.4 Å². The summed E-state index contributed by atoms with van der Waals surface area (Å²) in [7, 11) is 3.23. The number of amides is 1. The monoisotopic (exact) mass is 484 g/mol. The molecule has 11 heteroatoms. The Morgan fingerprint density at radius 1 is 1.26 bits per heavy atom. The van der Waals surface area contributed by atoms with E-state index in [4.69, 9.17) is 9.72 Å². The molecule has 0 bridgehead atoms. The number of rotatable bonds is 7. The lowest BCUT2D eigenvalue weighted by Gasteiger charge is -2.11. The number of fused-ring (bicyclic) bond motifs is 1. The van der Waals surface area contributed by atoms with Crippen molar-refractivity contribution >= 4 is 16.8 Å². The van der Waals surface area contributed by atoms with Gasteiger partial charge in [0.25, 0.3) is 5.91 Å². The maximum Gasteiger partial charge on any atom is 0.405 e. The molecule has 2 N–H and O–H groups in total. The number of aromatic nitrogens is 5. The quantitative estimate of drug-likeness (QED) is 0.411. The minimum atomic E-state index is -4.49. The SMILES string of the molecule is COc1cc(C(=O)NCC(F)(F)F)ccc1-c1nc(Cc2ccc3[nH]ncc3c2C2CC2)n(C)n1. The van der Waals surface area contributed by atoms with Gasteiger partial charge in [-0.1, -0.05) is 6.07 Å². The summed E-state index contributed by atoms with van der Waals surface area (Å²) in [6.07, 6.45) is 0.265. The Hall–Kier alpha value is -3.89. The van der Waals surface area contributed by atoms with Gasteiger partial charge in [-0.25, -0.2) is 4.98 Å². The van der Waals surface area contributed by atoms with E-state index in [1.165, 1.54) is 30.4 Å². The van der Waals surface area contributed by atoms with Gasteiger partial charge in [-0.3, -0.25) is 14.6 Å². The second-order valence-corrected chi connectivity index (χ2v) is 8.61. The van der Waals surface area contributed by atoms with Crippen LogP contribution in [-0.2, 0) is 13.5 Å². The average Bonchev–Trinajstić information content (AvgIpc) is 3.44. The fourth-order valence-corrected chi connectivity index (χ4v) is 4.25. The molecule has 182 valence electrons. The Labute approximate surface area is 198 Å². The first-order chi connectivity index (χ1) is 16.7. The van der Waals surface area contributed by atoms with E-state index in [1.54, 1.807) is 10.7 Å². The van der Waals surface area contributed by atoms with E-state index >= 15 is 0 Å². The molecule has 0 aliphatic heterocycles. The zero-order valence-corrected chi connectivity index (χ0v) is 19.1. The molecule has 0 unspecified atom stereocenters. The van der Waals surface area contributed by atoms with Crippen molar-refractivity contribution in [2.45, 2.75) is 31.4 Å². The first-order valence-corrected chi connectivity index (χ1v) is 11.1. The zero-order chi connectivity index (χ0) is 24.7. The Balaban J connectivity index is 1.42. The van der Waals surface area contributed by atoms with Crippen LogP contribution >= 0.6 is 0 Å². The molecule has 0 saturated heterocycles. The standard InChI is InChI=1S/C24H23F3N6O2/c1-33-20(10-14-6-8-18-17(11-29-31-18)21(14)13-3-4-13)30-22(32-33)16-7-5-15(9-19(16)35-2)23(34)28-12-24(25,26)27/h5-9,11,13H,3-4,10,12H2,1-2H3,(H,28,34)(H,29,31). The minimum Gasteiger partial charge on any atom is -0.496 e. The van der Waals surface area contributed by atoms with Crippen molar-refractivity contribution in [2.75, 3.05) is 13.7 Å². The summed E-state index contributed by atoms with van der Waals surface area (Å²) in [6.45, 7) is -1.41. The van der Waals surface area contributed by atoms with Crippen molar-refractivity contribution in [3.63, 3.8) is 0 Å². The van der Waals surface area contributed by atoms with E-state index in [0.29, 0.717) is 29.5 Å². The number of hydrogen-bond acceptors (Lipinski definition) is 5. The summed E-state index contributed by atoms with van der Waals surface area (Å²) in [4.78, 5) is 16.8. The molecule has 1 saturated carbocycles. The summed E-state index contributed by atoms with van der Waals surface area (Å²) < 4.78 is 44.4. The van der Waals surface area contributed by atoms with Crippen LogP contribution in [-0.4, -0.2) is 50.7 Å². The summed E-state index contributed by atoms with van der Waals surface area (Å²) >= 11 is 0. The molecule has 2 aromatic carbocycles. The molecule has 5 rings (SSSR count). The molecule has 0 radical (unpaired) electrons. The third kappa shape index (κ3) is 4.71. The van der Waals surface area contributed by atoms with Gasteiger partial charge in [-0.15, -0.1) is 0 Å². The van der Waals surface area contributed by atoms with Crippen molar-refractivity contribution in [3.8, 4) is 17.1 Å². The number of halogens is 3. The van der Waals surface area contributed by atoms with Gasteiger partial charge in [-0.2, -0.15) is 23.4 Å². The summed E-state index contributed by atoms with van der Waals surface area (Å²) in [5.74, 6) is 1.12. The number of nitrogens with one attached hydrogen (secondary N) is 2. The molecule has 2 aromatic heterocycles. The van der Waals surface area contributed by atoms with Gasteiger partial charge in [0.1, 0.15) is 18.1 Å². The third-order valence-electron chi connectivity index (χ3n) is 6.10.